The van der Waals surface area contributed by atoms with E-state index in [-0.39, 0.29) is 19.0 Å². The summed E-state index contributed by atoms with van der Waals surface area (Å²) in [5.74, 6) is -1.73. The van der Waals surface area contributed by atoms with Crippen molar-refractivity contribution in [2.45, 2.75) is 19.7 Å². The number of hydrogen-bond acceptors (Lipinski definition) is 4. The summed E-state index contributed by atoms with van der Waals surface area (Å²) in [4.78, 5) is 38.2. The Balaban J connectivity index is 1.49. The van der Waals surface area contributed by atoms with Gasteiger partial charge in [-0.15, -0.1) is 0 Å². The van der Waals surface area contributed by atoms with Crippen molar-refractivity contribution in [2.24, 2.45) is 0 Å². The number of hydrogen-bond donors (Lipinski definition) is 2. The molecule has 1 aliphatic rings. The number of ether oxygens (including phenoxy) is 1. The zero-order valence-electron chi connectivity index (χ0n) is 16.0. The van der Waals surface area contributed by atoms with Crippen molar-refractivity contribution in [3.63, 3.8) is 0 Å². The Morgan fingerprint density at radius 2 is 1.69 bits per heavy atom. The summed E-state index contributed by atoms with van der Waals surface area (Å²) in [5, 5.41) is 5.64. The minimum atomic E-state index is -0.772. The van der Waals surface area contributed by atoms with E-state index >= 15 is 0 Å². The van der Waals surface area contributed by atoms with Crippen LogP contribution in [0.4, 0.5) is 0 Å². The van der Waals surface area contributed by atoms with Crippen LogP contribution >= 0.6 is 11.6 Å². The highest BCUT2D eigenvalue weighted by molar-refractivity contribution is 6.35. The SMILES string of the molecule is Cc1ccc(CNC(=O)C(=O)NC[C@@H]2OCCN2C(=O)c2ccc(Cl)cc2)cc1. The van der Waals surface area contributed by atoms with Gasteiger partial charge >= 0.3 is 11.8 Å². The molecule has 1 saturated heterocycles. The third kappa shape index (κ3) is 5.56. The number of nitrogens with one attached hydrogen (secondary N) is 2. The quantitative estimate of drug-likeness (QED) is 0.730. The molecule has 2 aromatic carbocycles. The van der Waals surface area contributed by atoms with Crippen LogP contribution in [0.5, 0.6) is 0 Å². The first-order valence-electron chi connectivity index (χ1n) is 9.24. The zero-order valence-corrected chi connectivity index (χ0v) is 16.7. The van der Waals surface area contributed by atoms with Crippen LogP contribution < -0.4 is 10.6 Å². The second-order valence-electron chi connectivity index (χ2n) is 6.71. The van der Waals surface area contributed by atoms with Gasteiger partial charge in [0.05, 0.1) is 13.2 Å². The topological polar surface area (TPSA) is 87.7 Å². The molecular formula is C21H22ClN3O4. The van der Waals surface area contributed by atoms with Gasteiger partial charge < -0.3 is 20.3 Å². The third-order valence-corrected chi connectivity index (χ3v) is 4.81. The van der Waals surface area contributed by atoms with Crippen LogP contribution in [0.1, 0.15) is 21.5 Å². The maximum absolute atomic E-state index is 12.6. The van der Waals surface area contributed by atoms with Gasteiger partial charge in [0.15, 0.2) is 0 Å². The van der Waals surface area contributed by atoms with Crippen molar-refractivity contribution >= 4 is 29.3 Å². The molecule has 0 aliphatic carbocycles. The molecule has 0 bridgehead atoms. The molecule has 7 nitrogen and oxygen atoms in total. The van der Waals surface area contributed by atoms with Crippen molar-refractivity contribution < 1.29 is 19.1 Å². The fourth-order valence-corrected chi connectivity index (χ4v) is 3.04. The summed E-state index contributed by atoms with van der Waals surface area (Å²) in [6.07, 6.45) is -0.632. The van der Waals surface area contributed by atoms with Crippen LogP contribution in [0.2, 0.25) is 5.02 Å². The Hall–Kier alpha value is -2.90. The number of carbonyl (C=O) groups is 3. The van der Waals surface area contributed by atoms with Crippen molar-refractivity contribution in [3.8, 4) is 0 Å². The van der Waals surface area contributed by atoms with E-state index in [1.165, 1.54) is 4.90 Å². The Kier molecular flexibility index (Phi) is 6.85. The Bertz CT molecular complexity index is 884. The molecule has 3 amide bonds. The monoisotopic (exact) mass is 415 g/mol. The highest BCUT2D eigenvalue weighted by Crippen LogP contribution is 2.16. The molecule has 1 atom stereocenters. The second-order valence-corrected chi connectivity index (χ2v) is 7.15. The average Bonchev–Trinajstić information content (AvgIpc) is 3.20. The van der Waals surface area contributed by atoms with E-state index < -0.39 is 18.0 Å². The minimum absolute atomic E-state index is 0.0239. The lowest BCUT2D eigenvalue weighted by Gasteiger charge is -2.23. The lowest BCUT2D eigenvalue weighted by molar-refractivity contribution is -0.139. The van der Waals surface area contributed by atoms with Gasteiger partial charge in [-0.1, -0.05) is 41.4 Å². The molecule has 1 fully saturated rings. The Labute approximate surface area is 174 Å². The highest BCUT2D eigenvalue weighted by atomic mass is 35.5. The van der Waals surface area contributed by atoms with E-state index in [1.807, 2.05) is 31.2 Å². The molecule has 0 saturated carbocycles. The lowest BCUT2D eigenvalue weighted by atomic mass is 10.1. The van der Waals surface area contributed by atoms with Gasteiger partial charge in [0.25, 0.3) is 5.91 Å². The predicted molar refractivity (Wildman–Crippen MR) is 108 cm³/mol. The van der Waals surface area contributed by atoms with E-state index in [4.69, 9.17) is 16.3 Å². The summed E-state index contributed by atoms with van der Waals surface area (Å²) in [5.41, 5.74) is 2.50. The largest absolute Gasteiger partial charge is 0.355 e. The molecular weight excluding hydrogens is 394 g/mol. The van der Waals surface area contributed by atoms with Gasteiger partial charge in [-0.25, -0.2) is 0 Å². The van der Waals surface area contributed by atoms with Gasteiger partial charge in [0.1, 0.15) is 6.23 Å². The number of carbonyl (C=O) groups excluding carboxylic acids is 3. The fraction of sp³-hybridized carbons (Fsp3) is 0.286. The fourth-order valence-electron chi connectivity index (χ4n) is 2.91. The van der Waals surface area contributed by atoms with E-state index in [1.54, 1.807) is 24.3 Å². The van der Waals surface area contributed by atoms with Crippen LogP contribution in [-0.2, 0) is 20.9 Å². The summed E-state index contributed by atoms with van der Waals surface area (Å²) in [6, 6.07) is 14.2. The summed E-state index contributed by atoms with van der Waals surface area (Å²) < 4.78 is 5.54. The van der Waals surface area contributed by atoms with Gasteiger partial charge in [-0.05, 0) is 36.8 Å². The van der Waals surface area contributed by atoms with Crippen molar-refractivity contribution in [1.82, 2.24) is 15.5 Å². The number of halogens is 1. The van der Waals surface area contributed by atoms with E-state index in [2.05, 4.69) is 10.6 Å². The van der Waals surface area contributed by atoms with Crippen LogP contribution in [0.15, 0.2) is 48.5 Å². The Morgan fingerprint density at radius 1 is 1.03 bits per heavy atom. The third-order valence-electron chi connectivity index (χ3n) is 4.56. The molecule has 0 spiro atoms. The summed E-state index contributed by atoms with van der Waals surface area (Å²) >= 11 is 5.86. The second kappa shape index (κ2) is 9.54. The standard InChI is InChI=1S/C21H22ClN3O4/c1-14-2-4-15(5-3-14)12-23-19(26)20(27)24-13-18-25(10-11-29-18)21(28)16-6-8-17(22)9-7-16/h2-9,18H,10-13H2,1H3,(H,23,26)(H,24,27)/t18-/m0/s1. The number of rotatable bonds is 5. The van der Waals surface area contributed by atoms with Crippen molar-refractivity contribution in [3.05, 3.63) is 70.2 Å². The molecule has 8 heteroatoms. The van der Waals surface area contributed by atoms with E-state index in [0.717, 1.165) is 11.1 Å². The molecule has 29 heavy (non-hydrogen) atoms. The van der Waals surface area contributed by atoms with Crippen LogP contribution in [0.25, 0.3) is 0 Å². The molecule has 2 aromatic rings. The summed E-state index contributed by atoms with van der Waals surface area (Å²) in [6.45, 7) is 3.02. The van der Waals surface area contributed by atoms with Gasteiger partial charge in [0.2, 0.25) is 0 Å². The predicted octanol–water partition coefficient (Wildman–Crippen LogP) is 1.88. The molecule has 0 radical (unpaired) electrons. The lowest BCUT2D eigenvalue weighted by Crippen LogP contribution is -2.47. The average molecular weight is 416 g/mol. The molecule has 3 rings (SSSR count). The first-order chi connectivity index (χ1) is 13.9. The maximum atomic E-state index is 12.6. The molecule has 152 valence electrons. The van der Waals surface area contributed by atoms with Crippen LogP contribution in [-0.4, -0.2) is 48.5 Å². The van der Waals surface area contributed by atoms with Gasteiger partial charge in [-0.2, -0.15) is 0 Å². The summed E-state index contributed by atoms with van der Waals surface area (Å²) in [7, 11) is 0. The molecule has 0 aromatic heterocycles. The first kappa shape index (κ1) is 20.8. The Morgan fingerprint density at radius 3 is 2.38 bits per heavy atom. The maximum Gasteiger partial charge on any atom is 0.309 e. The van der Waals surface area contributed by atoms with E-state index in [0.29, 0.717) is 23.7 Å². The van der Waals surface area contributed by atoms with Crippen molar-refractivity contribution in [2.75, 3.05) is 19.7 Å². The molecule has 2 N–H and O–H groups in total. The van der Waals surface area contributed by atoms with Gasteiger partial charge in [0, 0.05) is 23.7 Å². The smallest absolute Gasteiger partial charge is 0.309 e. The molecule has 1 heterocycles. The van der Waals surface area contributed by atoms with Crippen LogP contribution in [0.3, 0.4) is 0 Å². The van der Waals surface area contributed by atoms with Gasteiger partial charge in [-0.3, -0.25) is 14.4 Å². The number of aryl methyl sites for hydroxylation is 1. The van der Waals surface area contributed by atoms with E-state index in [9.17, 15) is 14.4 Å². The normalized spacial score (nSPS) is 15.8. The number of amides is 3. The zero-order chi connectivity index (χ0) is 20.8. The number of benzene rings is 2. The number of nitrogens with zero attached hydrogens (tertiary/aromatic N) is 1. The first-order valence-corrected chi connectivity index (χ1v) is 9.61. The minimum Gasteiger partial charge on any atom is -0.355 e. The molecule has 0 unspecified atom stereocenters. The highest BCUT2D eigenvalue weighted by Gasteiger charge is 2.31. The van der Waals surface area contributed by atoms with Crippen LogP contribution in [0, 0.1) is 6.92 Å². The molecule has 1 aliphatic heterocycles. The van der Waals surface area contributed by atoms with Crippen molar-refractivity contribution in [1.29, 1.82) is 0 Å².